The molecule has 1 aromatic carbocycles. The van der Waals surface area contributed by atoms with E-state index in [-0.39, 0.29) is 6.10 Å². The zero-order chi connectivity index (χ0) is 11.5. The van der Waals surface area contributed by atoms with Crippen molar-refractivity contribution in [3.8, 4) is 5.75 Å². The Hall–Kier alpha value is -1.13. The first-order valence-electron chi connectivity index (χ1n) is 5.36. The molecule has 0 fully saturated rings. The van der Waals surface area contributed by atoms with E-state index in [9.17, 15) is 0 Å². The minimum atomic E-state index is 0.219. The third-order valence-electron chi connectivity index (χ3n) is 2.65. The normalized spacial score (nSPS) is 18.2. The van der Waals surface area contributed by atoms with E-state index in [4.69, 9.17) is 22.7 Å². The van der Waals surface area contributed by atoms with Crippen LogP contribution in [0, 0.1) is 0 Å². The predicted octanol–water partition coefficient (Wildman–Crippen LogP) is 1.21. The van der Waals surface area contributed by atoms with Gasteiger partial charge in [0.15, 0.2) is 0 Å². The molecule has 0 spiro atoms. The molecule has 4 heteroatoms. The number of nitrogens with zero attached hydrogens (tertiary/aromatic N) is 1. The Morgan fingerprint density at radius 3 is 3.00 bits per heavy atom. The molecule has 1 aliphatic heterocycles. The molecule has 1 atom stereocenters. The van der Waals surface area contributed by atoms with E-state index in [0.29, 0.717) is 11.5 Å². The van der Waals surface area contributed by atoms with E-state index in [1.54, 1.807) is 0 Å². The average molecular weight is 236 g/mol. The Balaban J connectivity index is 1.89. The first-order chi connectivity index (χ1) is 7.65. The molecule has 0 aliphatic carbocycles. The number of nitrogens with two attached hydrogens (primary N) is 1. The highest BCUT2D eigenvalue weighted by Crippen LogP contribution is 2.28. The number of thiocarbonyl (C=S) groups is 1. The summed E-state index contributed by atoms with van der Waals surface area (Å²) in [6.07, 6.45) is 1.19. The van der Waals surface area contributed by atoms with Crippen molar-refractivity contribution in [1.29, 1.82) is 0 Å². The minimum absolute atomic E-state index is 0.219. The molecule has 86 valence electrons. The lowest BCUT2D eigenvalue weighted by molar-refractivity contribution is 0.178. The van der Waals surface area contributed by atoms with Crippen LogP contribution in [0.5, 0.6) is 5.75 Å². The van der Waals surface area contributed by atoms with Crippen molar-refractivity contribution in [2.24, 2.45) is 5.73 Å². The lowest BCUT2D eigenvalue weighted by Crippen LogP contribution is -2.36. The van der Waals surface area contributed by atoms with Crippen LogP contribution in [0.3, 0.4) is 0 Å². The number of likely N-dealkylation sites (N-methyl/N-ethyl adjacent to an activating group) is 1. The van der Waals surface area contributed by atoms with Gasteiger partial charge in [0, 0.05) is 19.5 Å². The van der Waals surface area contributed by atoms with E-state index in [1.807, 2.05) is 25.2 Å². The van der Waals surface area contributed by atoms with Crippen LogP contribution in [0.25, 0.3) is 0 Å². The van der Waals surface area contributed by atoms with Gasteiger partial charge in [0.05, 0.1) is 4.99 Å². The molecule has 1 unspecified atom stereocenters. The summed E-state index contributed by atoms with van der Waals surface area (Å²) >= 11 is 4.88. The van der Waals surface area contributed by atoms with Gasteiger partial charge in [-0.15, -0.1) is 0 Å². The maximum atomic E-state index is 5.83. The molecule has 16 heavy (non-hydrogen) atoms. The SMILES string of the molecule is CN(CC(N)=S)CC1Cc2ccccc2O1. The van der Waals surface area contributed by atoms with Crippen LogP contribution in [-0.4, -0.2) is 36.1 Å². The van der Waals surface area contributed by atoms with Gasteiger partial charge in [-0.05, 0) is 18.7 Å². The number of hydrogen-bond donors (Lipinski definition) is 1. The zero-order valence-electron chi connectivity index (χ0n) is 9.35. The lowest BCUT2D eigenvalue weighted by atomic mass is 10.1. The van der Waals surface area contributed by atoms with Crippen LogP contribution in [0.15, 0.2) is 24.3 Å². The smallest absolute Gasteiger partial charge is 0.123 e. The fraction of sp³-hybridized carbons (Fsp3) is 0.417. The number of benzene rings is 1. The van der Waals surface area contributed by atoms with Crippen LogP contribution in [0.4, 0.5) is 0 Å². The van der Waals surface area contributed by atoms with E-state index >= 15 is 0 Å². The van der Waals surface area contributed by atoms with Gasteiger partial charge in [-0.3, -0.25) is 4.90 Å². The first-order valence-corrected chi connectivity index (χ1v) is 5.77. The molecule has 0 saturated carbocycles. The van der Waals surface area contributed by atoms with Gasteiger partial charge in [-0.25, -0.2) is 0 Å². The van der Waals surface area contributed by atoms with Crippen molar-refractivity contribution in [3.63, 3.8) is 0 Å². The van der Waals surface area contributed by atoms with Crippen molar-refractivity contribution < 1.29 is 4.74 Å². The number of fused-ring (bicyclic) bond motifs is 1. The largest absolute Gasteiger partial charge is 0.488 e. The minimum Gasteiger partial charge on any atom is -0.488 e. The van der Waals surface area contributed by atoms with Crippen molar-refractivity contribution in [2.45, 2.75) is 12.5 Å². The quantitative estimate of drug-likeness (QED) is 0.798. The zero-order valence-corrected chi connectivity index (χ0v) is 10.2. The molecule has 0 amide bonds. The molecule has 0 aromatic heterocycles. The molecule has 3 nitrogen and oxygen atoms in total. The van der Waals surface area contributed by atoms with E-state index in [2.05, 4.69) is 11.0 Å². The van der Waals surface area contributed by atoms with Gasteiger partial charge in [-0.1, -0.05) is 30.4 Å². The van der Waals surface area contributed by atoms with Gasteiger partial charge in [0.1, 0.15) is 11.9 Å². The first kappa shape index (κ1) is 11.4. The van der Waals surface area contributed by atoms with Crippen LogP contribution in [0.1, 0.15) is 5.56 Å². The van der Waals surface area contributed by atoms with Crippen molar-refractivity contribution in [3.05, 3.63) is 29.8 Å². The maximum absolute atomic E-state index is 5.83. The van der Waals surface area contributed by atoms with Crippen molar-refractivity contribution in [1.82, 2.24) is 4.90 Å². The summed E-state index contributed by atoms with van der Waals surface area (Å²) in [7, 11) is 2.01. The summed E-state index contributed by atoms with van der Waals surface area (Å²) in [6, 6.07) is 8.18. The molecule has 2 rings (SSSR count). The van der Waals surface area contributed by atoms with Gasteiger partial charge < -0.3 is 10.5 Å². The summed E-state index contributed by atoms with van der Waals surface area (Å²) in [6.45, 7) is 1.50. The second-order valence-electron chi connectivity index (χ2n) is 4.21. The Morgan fingerprint density at radius 2 is 2.31 bits per heavy atom. The molecule has 1 aliphatic rings. The van der Waals surface area contributed by atoms with Gasteiger partial charge in [0.2, 0.25) is 0 Å². The summed E-state index contributed by atoms with van der Waals surface area (Å²) in [5.41, 5.74) is 6.79. The number of rotatable bonds is 4. The average Bonchev–Trinajstić information content (AvgIpc) is 2.57. The molecular formula is C12H16N2OS. The van der Waals surface area contributed by atoms with Gasteiger partial charge in [-0.2, -0.15) is 0 Å². The fourth-order valence-corrected chi connectivity index (χ4v) is 2.25. The van der Waals surface area contributed by atoms with Crippen molar-refractivity contribution in [2.75, 3.05) is 20.1 Å². The van der Waals surface area contributed by atoms with E-state index in [1.165, 1.54) is 5.56 Å². The standard InChI is InChI=1S/C12H16N2OS/c1-14(8-12(13)16)7-10-6-9-4-2-3-5-11(9)15-10/h2-5,10H,6-8H2,1H3,(H2,13,16). The molecular weight excluding hydrogens is 220 g/mol. The summed E-state index contributed by atoms with van der Waals surface area (Å²) < 4.78 is 5.83. The highest BCUT2D eigenvalue weighted by molar-refractivity contribution is 7.80. The van der Waals surface area contributed by atoms with Crippen LogP contribution < -0.4 is 10.5 Å². The van der Waals surface area contributed by atoms with Crippen molar-refractivity contribution >= 4 is 17.2 Å². The monoisotopic (exact) mass is 236 g/mol. The van der Waals surface area contributed by atoms with Gasteiger partial charge in [0.25, 0.3) is 0 Å². The molecule has 2 N–H and O–H groups in total. The third-order valence-corrected chi connectivity index (χ3v) is 2.78. The van der Waals surface area contributed by atoms with E-state index in [0.717, 1.165) is 18.7 Å². The lowest BCUT2D eigenvalue weighted by Gasteiger charge is -2.19. The van der Waals surface area contributed by atoms with E-state index < -0.39 is 0 Å². The highest BCUT2D eigenvalue weighted by atomic mass is 32.1. The number of ether oxygens (including phenoxy) is 1. The third kappa shape index (κ3) is 2.71. The fourth-order valence-electron chi connectivity index (χ4n) is 2.03. The molecule has 0 bridgehead atoms. The predicted molar refractivity (Wildman–Crippen MR) is 68.8 cm³/mol. The van der Waals surface area contributed by atoms with Gasteiger partial charge >= 0.3 is 0 Å². The number of hydrogen-bond acceptors (Lipinski definition) is 3. The molecule has 0 radical (unpaired) electrons. The summed E-state index contributed by atoms with van der Waals surface area (Å²) in [5, 5.41) is 0. The number of para-hydroxylation sites is 1. The second kappa shape index (κ2) is 4.80. The maximum Gasteiger partial charge on any atom is 0.123 e. The molecule has 1 aromatic rings. The van der Waals surface area contributed by atoms with Crippen LogP contribution >= 0.6 is 12.2 Å². The molecule has 1 heterocycles. The summed E-state index contributed by atoms with van der Waals surface area (Å²) in [4.78, 5) is 2.62. The topological polar surface area (TPSA) is 38.5 Å². The second-order valence-corrected chi connectivity index (χ2v) is 4.74. The Labute approximate surface area is 101 Å². The Kier molecular flexibility index (Phi) is 3.41. The Bertz CT molecular complexity index is 369. The highest BCUT2D eigenvalue weighted by Gasteiger charge is 2.23. The summed E-state index contributed by atoms with van der Waals surface area (Å²) in [5.74, 6) is 1.01. The van der Waals surface area contributed by atoms with Crippen LogP contribution in [-0.2, 0) is 6.42 Å². The Morgan fingerprint density at radius 1 is 1.56 bits per heavy atom. The molecule has 0 saturated heterocycles. The van der Waals surface area contributed by atoms with Crippen LogP contribution in [0.2, 0.25) is 0 Å².